The van der Waals surface area contributed by atoms with Crippen molar-refractivity contribution in [3.8, 4) is 5.75 Å². The zero-order chi connectivity index (χ0) is 17.2. The minimum absolute atomic E-state index is 0.735. The lowest BCUT2D eigenvalue weighted by Crippen LogP contribution is -2.01. The van der Waals surface area contributed by atoms with Crippen molar-refractivity contribution in [3.63, 3.8) is 0 Å². The van der Waals surface area contributed by atoms with E-state index in [1.165, 1.54) is 5.56 Å². The van der Waals surface area contributed by atoms with Crippen LogP contribution in [0, 0.1) is 0 Å². The van der Waals surface area contributed by atoms with E-state index in [0.29, 0.717) is 0 Å². The quantitative estimate of drug-likeness (QED) is 0.264. The highest BCUT2D eigenvalue weighted by atomic mass is 79.9. The highest BCUT2D eigenvalue weighted by molar-refractivity contribution is 9.09. The van der Waals surface area contributed by atoms with Gasteiger partial charge in [0.15, 0.2) is 0 Å². The predicted molar refractivity (Wildman–Crippen MR) is 104 cm³/mol. The molecule has 0 radical (unpaired) electrons. The molecule has 0 saturated carbocycles. The van der Waals surface area contributed by atoms with Gasteiger partial charge in [0.25, 0.3) is 0 Å². The van der Waals surface area contributed by atoms with Gasteiger partial charge in [0.1, 0.15) is 5.75 Å². The number of rotatable bonds is 9. The fourth-order valence-corrected chi connectivity index (χ4v) is 2.93. The number of azo groups is 1. The summed E-state index contributed by atoms with van der Waals surface area (Å²) in [6.07, 6.45) is 3.98. The van der Waals surface area contributed by atoms with Crippen LogP contribution in [0.4, 0.5) is 11.4 Å². The molecular weight excluding hydrogens is 364 g/mol. The zero-order valence-corrected chi connectivity index (χ0v) is 16.1. The molecule has 0 aliphatic heterocycles. The maximum atomic E-state index is 6.00. The number of hydrogen-bond acceptors (Lipinski definition) is 3. The monoisotopic (exact) mass is 388 g/mol. The second kappa shape index (κ2) is 10.2. The Morgan fingerprint density at radius 1 is 0.917 bits per heavy atom. The molecular formula is C20H25BrN2O. The molecule has 0 N–H and O–H groups in total. The summed E-state index contributed by atoms with van der Waals surface area (Å²) in [4.78, 5) is 0. The van der Waals surface area contributed by atoms with Crippen molar-refractivity contribution in [3.05, 3.63) is 53.6 Å². The Labute approximate surface area is 153 Å². The zero-order valence-electron chi connectivity index (χ0n) is 14.5. The third-order valence-electron chi connectivity index (χ3n) is 3.86. The largest absolute Gasteiger partial charge is 0.493 e. The molecule has 0 saturated heterocycles. The Hall–Kier alpha value is -1.68. The highest BCUT2D eigenvalue weighted by Crippen LogP contribution is 2.35. The van der Waals surface area contributed by atoms with Crippen LogP contribution in [-0.2, 0) is 12.8 Å². The van der Waals surface area contributed by atoms with E-state index < -0.39 is 0 Å². The van der Waals surface area contributed by atoms with Gasteiger partial charge in [0, 0.05) is 10.9 Å². The molecule has 0 heterocycles. The Balaban J connectivity index is 2.27. The number of alkyl halides is 1. The topological polar surface area (TPSA) is 34.0 Å². The minimum Gasteiger partial charge on any atom is -0.493 e. The van der Waals surface area contributed by atoms with Gasteiger partial charge in [-0.2, -0.15) is 5.11 Å². The summed E-state index contributed by atoms with van der Waals surface area (Å²) in [6, 6.07) is 14.0. The number of halogens is 1. The van der Waals surface area contributed by atoms with Crippen LogP contribution in [0.5, 0.6) is 5.75 Å². The van der Waals surface area contributed by atoms with Crippen LogP contribution in [0.25, 0.3) is 0 Å². The van der Waals surface area contributed by atoms with Crippen molar-refractivity contribution < 1.29 is 4.74 Å². The molecule has 24 heavy (non-hydrogen) atoms. The Bertz CT molecular complexity index is 656. The summed E-state index contributed by atoms with van der Waals surface area (Å²) in [6.45, 7) is 5.02. The lowest BCUT2D eigenvalue weighted by molar-refractivity contribution is 0.307. The van der Waals surface area contributed by atoms with Gasteiger partial charge in [-0.1, -0.05) is 54.0 Å². The highest BCUT2D eigenvalue weighted by Gasteiger charge is 2.12. The van der Waals surface area contributed by atoms with Crippen molar-refractivity contribution in [2.75, 3.05) is 11.9 Å². The molecule has 0 aliphatic rings. The van der Waals surface area contributed by atoms with E-state index in [4.69, 9.17) is 4.74 Å². The van der Waals surface area contributed by atoms with Gasteiger partial charge < -0.3 is 4.74 Å². The first kappa shape index (κ1) is 18.7. The van der Waals surface area contributed by atoms with Crippen LogP contribution >= 0.6 is 15.9 Å². The van der Waals surface area contributed by atoms with E-state index >= 15 is 0 Å². The molecule has 3 nitrogen and oxygen atoms in total. The molecule has 0 spiro atoms. The third-order valence-corrected chi connectivity index (χ3v) is 4.43. The number of aryl methyl sites for hydroxylation is 1. The first-order chi connectivity index (χ1) is 11.8. The number of unbranched alkanes of at least 4 members (excludes halogenated alkanes) is 1. The lowest BCUT2D eigenvalue weighted by Gasteiger charge is -2.14. The number of benzene rings is 2. The van der Waals surface area contributed by atoms with Crippen molar-refractivity contribution >= 4 is 27.3 Å². The average molecular weight is 389 g/mol. The maximum Gasteiger partial charge on any atom is 0.124 e. The molecule has 0 aromatic heterocycles. The molecule has 0 amide bonds. The standard InChI is InChI=1S/C20H25BrN2O/c1-3-16-12-13-19(24-15-9-8-14-21)18(4-2)20(16)23-22-17-10-6-5-7-11-17/h5-7,10-13H,3-4,8-9,14-15H2,1-2H3. The normalized spacial score (nSPS) is 11.1. The van der Waals surface area contributed by atoms with Crippen LogP contribution in [0.15, 0.2) is 52.7 Å². The van der Waals surface area contributed by atoms with E-state index in [9.17, 15) is 0 Å². The van der Waals surface area contributed by atoms with Gasteiger partial charge in [0.05, 0.1) is 18.0 Å². The maximum absolute atomic E-state index is 6.00. The van der Waals surface area contributed by atoms with Crippen molar-refractivity contribution in [1.29, 1.82) is 0 Å². The van der Waals surface area contributed by atoms with Crippen molar-refractivity contribution in [2.24, 2.45) is 10.2 Å². The van der Waals surface area contributed by atoms with E-state index in [2.05, 4.69) is 52.1 Å². The number of nitrogens with zero attached hydrogens (tertiary/aromatic N) is 2. The van der Waals surface area contributed by atoms with Crippen LogP contribution in [-0.4, -0.2) is 11.9 Å². The third kappa shape index (κ3) is 5.17. The molecule has 2 aromatic rings. The number of ether oxygens (including phenoxy) is 1. The van der Waals surface area contributed by atoms with Gasteiger partial charge in [-0.05, 0) is 49.4 Å². The van der Waals surface area contributed by atoms with Crippen LogP contribution < -0.4 is 4.74 Å². The van der Waals surface area contributed by atoms with Gasteiger partial charge in [-0.25, -0.2) is 0 Å². The van der Waals surface area contributed by atoms with E-state index in [-0.39, 0.29) is 0 Å². The van der Waals surface area contributed by atoms with E-state index in [0.717, 1.165) is 60.3 Å². The fourth-order valence-electron chi connectivity index (χ4n) is 2.53. The molecule has 128 valence electrons. The summed E-state index contributed by atoms with van der Waals surface area (Å²) in [5.41, 5.74) is 4.18. The molecule has 0 bridgehead atoms. The van der Waals surface area contributed by atoms with Crippen LogP contribution in [0.2, 0.25) is 0 Å². The van der Waals surface area contributed by atoms with Crippen LogP contribution in [0.1, 0.15) is 37.8 Å². The molecule has 2 aromatic carbocycles. The summed E-state index contributed by atoms with van der Waals surface area (Å²) < 4.78 is 6.00. The Morgan fingerprint density at radius 3 is 2.38 bits per heavy atom. The van der Waals surface area contributed by atoms with Crippen LogP contribution in [0.3, 0.4) is 0 Å². The smallest absolute Gasteiger partial charge is 0.124 e. The molecule has 0 aliphatic carbocycles. The lowest BCUT2D eigenvalue weighted by atomic mass is 10.0. The average Bonchev–Trinajstić information content (AvgIpc) is 2.64. The predicted octanol–water partition coefficient (Wildman–Crippen LogP) is 6.78. The van der Waals surface area contributed by atoms with Crippen molar-refractivity contribution in [1.82, 2.24) is 0 Å². The second-order valence-corrected chi connectivity index (χ2v) is 6.33. The fraction of sp³-hybridized carbons (Fsp3) is 0.400. The number of hydrogen-bond donors (Lipinski definition) is 0. The van der Waals surface area contributed by atoms with E-state index in [1.54, 1.807) is 0 Å². The summed E-state index contributed by atoms with van der Waals surface area (Å²) in [5.74, 6) is 0.936. The summed E-state index contributed by atoms with van der Waals surface area (Å²) in [5, 5.41) is 9.98. The summed E-state index contributed by atoms with van der Waals surface area (Å²) >= 11 is 3.45. The first-order valence-corrected chi connectivity index (χ1v) is 9.72. The molecule has 0 unspecified atom stereocenters. The molecule has 0 fully saturated rings. The van der Waals surface area contributed by atoms with Gasteiger partial charge in [-0.3, -0.25) is 0 Å². The molecule has 0 atom stereocenters. The van der Waals surface area contributed by atoms with Gasteiger partial charge in [0.2, 0.25) is 0 Å². The first-order valence-electron chi connectivity index (χ1n) is 8.60. The minimum atomic E-state index is 0.735. The second-order valence-electron chi connectivity index (χ2n) is 5.54. The van der Waals surface area contributed by atoms with Gasteiger partial charge >= 0.3 is 0 Å². The SMILES string of the molecule is CCc1ccc(OCCCCBr)c(CC)c1N=Nc1ccccc1. The van der Waals surface area contributed by atoms with Gasteiger partial charge in [-0.15, -0.1) is 5.11 Å². The molecule has 4 heteroatoms. The summed E-state index contributed by atoms with van der Waals surface area (Å²) in [7, 11) is 0. The van der Waals surface area contributed by atoms with E-state index in [1.807, 2.05) is 30.3 Å². The van der Waals surface area contributed by atoms with Crippen molar-refractivity contribution in [2.45, 2.75) is 39.5 Å². The Morgan fingerprint density at radius 2 is 1.71 bits per heavy atom. The molecule has 2 rings (SSSR count). The Kier molecular flexibility index (Phi) is 7.96.